The van der Waals surface area contributed by atoms with Crippen molar-refractivity contribution in [3.63, 3.8) is 0 Å². The van der Waals surface area contributed by atoms with Gasteiger partial charge in [-0.2, -0.15) is 0 Å². The molecule has 2 saturated heterocycles. The third-order valence-corrected chi connectivity index (χ3v) is 17.9. The third-order valence-electron chi connectivity index (χ3n) is 4.44. The molecule has 18 heavy (non-hydrogen) atoms. The van der Waals surface area contributed by atoms with E-state index in [-0.39, 0.29) is 0 Å². The van der Waals surface area contributed by atoms with E-state index >= 15 is 0 Å². The van der Waals surface area contributed by atoms with Crippen LogP contribution in [0, 0.1) is 0 Å². The molecule has 0 aliphatic carbocycles. The normalized spacial score (nSPS) is 27.8. The molecule has 2 heterocycles. The number of rotatable bonds is 2. The van der Waals surface area contributed by atoms with Crippen molar-refractivity contribution >= 4 is 33.8 Å². The summed E-state index contributed by atoms with van der Waals surface area (Å²) >= 11 is 0.203. The summed E-state index contributed by atoms with van der Waals surface area (Å²) in [4.78, 5) is 0. The maximum absolute atomic E-state index is 2.39. The predicted molar refractivity (Wildman–Crippen MR) is 82.7 cm³/mol. The van der Waals surface area contributed by atoms with Crippen molar-refractivity contribution < 1.29 is 0 Å². The minimum absolute atomic E-state index is 0.991. The summed E-state index contributed by atoms with van der Waals surface area (Å²) < 4.78 is 3.38. The van der Waals surface area contributed by atoms with Crippen LogP contribution in [0.15, 0.2) is 60.7 Å². The second kappa shape index (κ2) is 4.17. The van der Waals surface area contributed by atoms with Crippen LogP contribution in [0.25, 0.3) is 0 Å². The molecule has 0 nitrogen and oxygen atoms in total. The molecule has 2 heteroatoms. The SMILES string of the molecule is c1cc[c]([Ge]2([c]3ccccc3)[CH2]C3SC3[CH2]2)cc1. The van der Waals surface area contributed by atoms with Gasteiger partial charge in [-0.1, -0.05) is 0 Å². The molecule has 2 fully saturated rings. The van der Waals surface area contributed by atoms with Gasteiger partial charge in [0.2, 0.25) is 0 Å². The van der Waals surface area contributed by atoms with Crippen molar-refractivity contribution in [3.05, 3.63) is 60.7 Å². The standard InChI is InChI=1S/C16H16GeS/c1-3-7-13(8-4-1)17(11-15-16(12-17)18-15)14-9-5-2-6-10-14/h1-10,15-16H,11-12H2. The average Bonchev–Trinajstić information content (AvgIpc) is 3.08. The fraction of sp³-hybridized carbons (Fsp3) is 0.250. The number of thioether (sulfide) groups is 1. The zero-order chi connectivity index (χ0) is 12.0. The maximum atomic E-state index is 2.39. The first-order valence-electron chi connectivity index (χ1n) is 6.65. The molecule has 2 aliphatic rings. The Labute approximate surface area is 115 Å². The third kappa shape index (κ3) is 1.68. The van der Waals surface area contributed by atoms with Gasteiger partial charge >= 0.3 is 115 Å². The number of hydrogen-bond donors (Lipinski definition) is 0. The minimum atomic E-state index is -2.01. The number of fused-ring (bicyclic) bond motifs is 1. The van der Waals surface area contributed by atoms with Crippen LogP contribution in [-0.2, 0) is 0 Å². The molecule has 2 atom stereocenters. The molecular weight excluding hydrogens is 297 g/mol. The van der Waals surface area contributed by atoms with E-state index < -0.39 is 13.3 Å². The second-order valence-electron chi connectivity index (χ2n) is 5.44. The van der Waals surface area contributed by atoms with Gasteiger partial charge in [0.15, 0.2) is 0 Å². The monoisotopic (exact) mass is 314 g/mol. The van der Waals surface area contributed by atoms with E-state index in [0.29, 0.717) is 0 Å². The molecule has 0 saturated carbocycles. The van der Waals surface area contributed by atoms with Crippen LogP contribution in [0.3, 0.4) is 0 Å². The van der Waals surface area contributed by atoms with Crippen molar-refractivity contribution in [2.75, 3.05) is 0 Å². The first-order chi connectivity index (χ1) is 8.88. The first-order valence-corrected chi connectivity index (χ1v) is 12.7. The van der Waals surface area contributed by atoms with Crippen LogP contribution in [0.1, 0.15) is 0 Å². The average molecular weight is 313 g/mol. The Kier molecular flexibility index (Phi) is 2.59. The van der Waals surface area contributed by atoms with E-state index in [1.54, 1.807) is 8.79 Å². The Morgan fingerprint density at radius 3 is 1.61 bits per heavy atom. The zero-order valence-corrected chi connectivity index (χ0v) is 13.2. The van der Waals surface area contributed by atoms with Crippen LogP contribution >= 0.6 is 11.8 Å². The van der Waals surface area contributed by atoms with Gasteiger partial charge in [-0.3, -0.25) is 0 Å². The summed E-state index contributed by atoms with van der Waals surface area (Å²) in [5, 5.41) is 4.99. The zero-order valence-electron chi connectivity index (χ0n) is 10.3. The van der Waals surface area contributed by atoms with E-state index in [4.69, 9.17) is 0 Å². The van der Waals surface area contributed by atoms with E-state index in [1.807, 2.05) is 0 Å². The van der Waals surface area contributed by atoms with Gasteiger partial charge in [-0.05, 0) is 0 Å². The summed E-state index contributed by atoms with van der Waals surface area (Å²) in [5.74, 6) is 0. The quantitative estimate of drug-likeness (QED) is 0.607. The molecule has 2 aromatic rings. The van der Waals surface area contributed by atoms with Gasteiger partial charge in [-0.25, -0.2) is 0 Å². The summed E-state index contributed by atoms with van der Waals surface area (Å²) in [6, 6.07) is 22.8. The fourth-order valence-electron chi connectivity index (χ4n) is 3.46. The van der Waals surface area contributed by atoms with Crippen LogP contribution < -0.4 is 8.79 Å². The molecule has 0 amide bonds. The van der Waals surface area contributed by atoms with Crippen LogP contribution in [-0.4, -0.2) is 23.8 Å². The summed E-state index contributed by atoms with van der Waals surface area (Å²) in [6.07, 6.45) is 0. The van der Waals surface area contributed by atoms with Gasteiger partial charge in [0.1, 0.15) is 0 Å². The molecule has 2 unspecified atom stereocenters. The molecule has 0 radical (unpaired) electrons. The van der Waals surface area contributed by atoms with Crippen molar-refractivity contribution in [1.29, 1.82) is 0 Å². The Morgan fingerprint density at radius 2 is 1.17 bits per heavy atom. The molecule has 2 aromatic carbocycles. The topological polar surface area (TPSA) is 0 Å². The van der Waals surface area contributed by atoms with Crippen molar-refractivity contribution in [2.45, 2.75) is 21.0 Å². The van der Waals surface area contributed by atoms with E-state index in [1.165, 1.54) is 10.5 Å². The Hall–Kier alpha value is -0.667. The summed E-state index contributed by atoms with van der Waals surface area (Å²) in [7, 11) is 0. The molecule has 0 bridgehead atoms. The molecule has 0 N–H and O–H groups in total. The Bertz CT molecular complexity index is 500. The van der Waals surface area contributed by atoms with E-state index in [2.05, 4.69) is 72.4 Å². The first kappa shape index (κ1) is 11.2. The van der Waals surface area contributed by atoms with Gasteiger partial charge in [-0.15, -0.1) is 0 Å². The summed E-state index contributed by atoms with van der Waals surface area (Å²) in [6.45, 7) is 0. The van der Waals surface area contributed by atoms with Crippen LogP contribution in [0.5, 0.6) is 0 Å². The van der Waals surface area contributed by atoms with Crippen molar-refractivity contribution in [3.8, 4) is 0 Å². The number of benzene rings is 2. The van der Waals surface area contributed by atoms with Crippen LogP contribution in [0.2, 0.25) is 10.5 Å². The van der Waals surface area contributed by atoms with Gasteiger partial charge in [0.05, 0.1) is 0 Å². The Balaban J connectivity index is 1.85. The van der Waals surface area contributed by atoms with Gasteiger partial charge < -0.3 is 0 Å². The van der Waals surface area contributed by atoms with Gasteiger partial charge in [0.25, 0.3) is 0 Å². The van der Waals surface area contributed by atoms with Crippen molar-refractivity contribution in [1.82, 2.24) is 0 Å². The molecule has 2 aliphatic heterocycles. The van der Waals surface area contributed by atoms with Crippen LogP contribution in [0.4, 0.5) is 0 Å². The van der Waals surface area contributed by atoms with Crippen molar-refractivity contribution in [2.24, 2.45) is 0 Å². The molecule has 90 valence electrons. The molecule has 0 spiro atoms. The second-order valence-corrected chi connectivity index (χ2v) is 15.6. The molecule has 0 aromatic heterocycles. The van der Waals surface area contributed by atoms with E-state index in [0.717, 1.165) is 10.5 Å². The molecular formula is C16H16GeS. The Morgan fingerprint density at radius 1 is 0.722 bits per heavy atom. The van der Waals surface area contributed by atoms with Gasteiger partial charge in [0, 0.05) is 0 Å². The predicted octanol–water partition coefficient (Wildman–Crippen LogP) is 2.75. The fourth-order valence-corrected chi connectivity index (χ4v) is 19.7. The summed E-state index contributed by atoms with van der Waals surface area (Å²) in [5.41, 5.74) is 0. The number of hydrogen-bond acceptors (Lipinski definition) is 1. The van der Waals surface area contributed by atoms with E-state index in [9.17, 15) is 0 Å². The molecule has 4 rings (SSSR count).